The maximum absolute atomic E-state index is 13.8. The van der Waals surface area contributed by atoms with Crippen molar-refractivity contribution in [2.45, 2.75) is 30.8 Å². The van der Waals surface area contributed by atoms with Crippen molar-refractivity contribution in [3.63, 3.8) is 0 Å². The van der Waals surface area contributed by atoms with Gasteiger partial charge in [0, 0.05) is 18.3 Å². The average molecular weight is 320 g/mol. The van der Waals surface area contributed by atoms with E-state index in [0.717, 1.165) is 5.56 Å². The van der Waals surface area contributed by atoms with Crippen LogP contribution in [0.5, 0.6) is 0 Å². The predicted octanol–water partition coefficient (Wildman–Crippen LogP) is 1.96. The second-order valence-corrected chi connectivity index (χ2v) is 7.07. The molecule has 0 aromatic heterocycles. The largest absolute Gasteiger partial charge is 0.316 e. The number of hydrogen-bond acceptors (Lipinski definition) is 4. The molecule has 0 aliphatic rings. The zero-order valence-electron chi connectivity index (χ0n) is 11.9. The van der Waals surface area contributed by atoms with Gasteiger partial charge in [-0.25, -0.2) is 17.5 Å². The van der Waals surface area contributed by atoms with Gasteiger partial charge in [0.15, 0.2) is 0 Å². The highest BCUT2D eigenvalue weighted by molar-refractivity contribution is 7.98. The highest BCUT2D eigenvalue weighted by Gasteiger charge is 2.22. The predicted molar refractivity (Wildman–Crippen MR) is 81.9 cm³/mol. The van der Waals surface area contributed by atoms with Gasteiger partial charge in [0.25, 0.3) is 0 Å². The summed E-state index contributed by atoms with van der Waals surface area (Å²) in [5.41, 5.74) is 0.729. The Balaban J connectivity index is 3.04. The molecule has 20 heavy (non-hydrogen) atoms. The summed E-state index contributed by atoms with van der Waals surface area (Å²) < 4.78 is 40.9. The number of thioether (sulfide) groups is 1. The van der Waals surface area contributed by atoms with Crippen LogP contribution in [0.25, 0.3) is 0 Å². The summed E-state index contributed by atoms with van der Waals surface area (Å²) in [6.07, 6.45) is 2.57. The first-order valence-electron chi connectivity index (χ1n) is 6.38. The smallest absolute Gasteiger partial charge is 0.243 e. The van der Waals surface area contributed by atoms with Crippen LogP contribution in [0.4, 0.5) is 4.39 Å². The van der Waals surface area contributed by atoms with Crippen molar-refractivity contribution in [1.29, 1.82) is 0 Å². The Bertz CT molecular complexity index is 535. The Labute approximate surface area is 124 Å². The molecule has 0 fully saturated rings. The molecule has 114 valence electrons. The molecule has 1 rings (SSSR count). The third kappa shape index (κ3) is 4.73. The summed E-state index contributed by atoms with van der Waals surface area (Å²) in [4.78, 5) is -0.287. The Kier molecular flexibility index (Phi) is 6.94. The summed E-state index contributed by atoms with van der Waals surface area (Å²) in [5.74, 6) is -0.0653. The molecule has 1 aromatic rings. The van der Waals surface area contributed by atoms with Crippen LogP contribution in [0.15, 0.2) is 23.1 Å². The van der Waals surface area contributed by atoms with Gasteiger partial charge in [-0.1, -0.05) is 13.0 Å². The second-order valence-electron chi connectivity index (χ2n) is 4.48. The quantitative estimate of drug-likeness (QED) is 0.769. The van der Waals surface area contributed by atoms with Crippen molar-refractivity contribution in [1.82, 2.24) is 10.0 Å². The summed E-state index contributed by atoms with van der Waals surface area (Å²) in [6.45, 7) is 2.39. The second kappa shape index (κ2) is 7.97. The maximum atomic E-state index is 13.8. The van der Waals surface area contributed by atoms with Gasteiger partial charge in [0.2, 0.25) is 10.0 Å². The average Bonchev–Trinajstić information content (AvgIpc) is 2.40. The maximum Gasteiger partial charge on any atom is 0.243 e. The van der Waals surface area contributed by atoms with Crippen molar-refractivity contribution >= 4 is 21.8 Å². The minimum atomic E-state index is -3.83. The zero-order valence-corrected chi connectivity index (χ0v) is 13.6. The van der Waals surface area contributed by atoms with Crippen molar-refractivity contribution in [2.75, 3.05) is 19.1 Å². The van der Waals surface area contributed by atoms with E-state index in [4.69, 9.17) is 0 Å². The molecule has 1 atom stereocenters. The van der Waals surface area contributed by atoms with E-state index in [1.165, 1.54) is 12.1 Å². The molecule has 1 aromatic carbocycles. The van der Waals surface area contributed by atoms with Crippen molar-refractivity contribution < 1.29 is 12.8 Å². The third-order valence-electron chi connectivity index (χ3n) is 2.85. The molecule has 0 spiro atoms. The number of benzene rings is 1. The number of sulfonamides is 1. The fourth-order valence-corrected chi connectivity index (χ4v) is 4.06. The molecule has 0 radical (unpaired) electrons. The van der Waals surface area contributed by atoms with Crippen LogP contribution in [-0.2, 0) is 16.6 Å². The van der Waals surface area contributed by atoms with Crippen LogP contribution < -0.4 is 10.0 Å². The van der Waals surface area contributed by atoms with E-state index in [-0.39, 0.29) is 10.9 Å². The molecule has 0 amide bonds. The standard InChI is InChI=1S/C13H21FN2O2S2/c1-4-11(9-19-3)16-20(17,18)13-7-10(8-15-2)5-6-12(13)14/h5-7,11,15-16H,4,8-9H2,1-3H3. The van der Waals surface area contributed by atoms with Crippen LogP contribution >= 0.6 is 11.8 Å². The molecule has 7 heteroatoms. The van der Waals surface area contributed by atoms with E-state index < -0.39 is 15.8 Å². The molecule has 0 aliphatic heterocycles. The molecule has 0 saturated heterocycles. The van der Waals surface area contributed by atoms with E-state index in [1.807, 2.05) is 13.2 Å². The first kappa shape index (κ1) is 17.4. The van der Waals surface area contributed by atoms with E-state index in [2.05, 4.69) is 10.0 Å². The van der Waals surface area contributed by atoms with Crippen LogP contribution in [0.1, 0.15) is 18.9 Å². The summed E-state index contributed by atoms with van der Waals surface area (Å²) in [5, 5.41) is 2.91. The van der Waals surface area contributed by atoms with Crippen LogP contribution in [0.3, 0.4) is 0 Å². The lowest BCUT2D eigenvalue weighted by atomic mass is 10.2. The fourth-order valence-electron chi connectivity index (χ4n) is 1.79. The molecule has 0 saturated carbocycles. The van der Waals surface area contributed by atoms with Gasteiger partial charge >= 0.3 is 0 Å². The molecular weight excluding hydrogens is 299 g/mol. The van der Waals surface area contributed by atoms with E-state index >= 15 is 0 Å². The van der Waals surface area contributed by atoms with Crippen LogP contribution in [0, 0.1) is 5.82 Å². The Morgan fingerprint density at radius 2 is 2.10 bits per heavy atom. The third-order valence-corrected chi connectivity index (χ3v) is 5.12. The van der Waals surface area contributed by atoms with E-state index in [0.29, 0.717) is 18.7 Å². The lowest BCUT2D eigenvalue weighted by Crippen LogP contribution is -2.36. The summed E-state index contributed by atoms with van der Waals surface area (Å²) in [7, 11) is -2.08. The molecule has 0 bridgehead atoms. The highest BCUT2D eigenvalue weighted by Crippen LogP contribution is 2.17. The Morgan fingerprint density at radius 3 is 2.65 bits per heavy atom. The minimum absolute atomic E-state index is 0.192. The zero-order chi connectivity index (χ0) is 15.2. The summed E-state index contributed by atoms with van der Waals surface area (Å²) >= 11 is 1.55. The Morgan fingerprint density at radius 1 is 1.40 bits per heavy atom. The molecular formula is C13H21FN2O2S2. The van der Waals surface area contributed by atoms with Crippen LogP contribution in [0.2, 0.25) is 0 Å². The van der Waals surface area contributed by atoms with Crippen LogP contribution in [-0.4, -0.2) is 33.5 Å². The molecule has 1 unspecified atom stereocenters. The first-order valence-corrected chi connectivity index (χ1v) is 9.26. The van der Waals surface area contributed by atoms with E-state index in [9.17, 15) is 12.8 Å². The van der Waals surface area contributed by atoms with Gasteiger partial charge in [0.1, 0.15) is 10.7 Å². The lowest BCUT2D eigenvalue weighted by molar-refractivity contribution is 0.540. The molecule has 0 aliphatic carbocycles. The number of halogens is 1. The monoisotopic (exact) mass is 320 g/mol. The number of nitrogens with one attached hydrogen (secondary N) is 2. The first-order chi connectivity index (χ1) is 9.44. The van der Waals surface area contributed by atoms with Gasteiger partial charge in [-0.05, 0) is 37.4 Å². The highest BCUT2D eigenvalue weighted by atomic mass is 32.2. The van der Waals surface area contributed by atoms with Crippen molar-refractivity contribution in [3.05, 3.63) is 29.6 Å². The topological polar surface area (TPSA) is 58.2 Å². The fraction of sp³-hybridized carbons (Fsp3) is 0.538. The molecule has 2 N–H and O–H groups in total. The summed E-state index contributed by atoms with van der Waals surface area (Å²) in [6, 6.07) is 3.95. The number of hydrogen-bond donors (Lipinski definition) is 2. The van der Waals surface area contributed by atoms with Gasteiger partial charge in [-0.3, -0.25) is 0 Å². The minimum Gasteiger partial charge on any atom is -0.316 e. The number of rotatable bonds is 8. The van der Waals surface area contributed by atoms with Gasteiger partial charge < -0.3 is 5.32 Å². The normalized spacial score (nSPS) is 13.4. The lowest BCUT2D eigenvalue weighted by Gasteiger charge is -2.16. The van der Waals surface area contributed by atoms with E-state index in [1.54, 1.807) is 24.9 Å². The van der Waals surface area contributed by atoms with Crippen molar-refractivity contribution in [3.8, 4) is 0 Å². The Hall–Kier alpha value is -0.630. The van der Waals surface area contributed by atoms with Gasteiger partial charge in [-0.2, -0.15) is 11.8 Å². The molecule has 4 nitrogen and oxygen atoms in total. The SMILES string of the molecule is CCC(CSC)NS(=O)(=O)c1cc(CNC)ccc1F. The van der Waals surface area contributed by atoms with Crippen molar-refractivity contribution in [2.24, 2.45) is 0 Å². The van der Waals surface area contributed by atoms with Gasteiger partial charge in [0.05, 0.1) is 0 Å². The van der Waals surface area contributed by atoms with Gasteiger partial charge in [-0.15, -0.1) is 0 Å². The molecule has 0 heterocycles.